The predicted octanol–water partition coefficient (Wildman–Crippen LogP) is 5.99. The normalized spacial score (nSPS) is 15.9. The van der Waals surface area contributed by atoms with Gasteiger partial charge in [0.1, 0.15) is 0 Å². The van der Waals surface area contributed by atoms with Crippen molar-refractivity contribution in [1.29, 1.82) is 0 Å². The topological polar surface area (TPSA) is 87.3 Å². The maximum Gasteiger partial charge on any atom is 0.410 e. The Kier molecular flexibility index (Phi) is 6.55. The Hall–Kier alpha value is -4.91. The third-order valence-corrected chi connectivity index (χ3v) is 7.30. The lowest BCUT2D eigenvalue weighted by Crippen LogP contribution is -2.30. The van der Waals surface area contributed by atoms with Crippen molar-refractivity contribution >= 4 is 22.6 Å². The molecular formula is C32H28N4O3. The molecule has 39 heavy (non-hydrogen) atoms. The summed E-state index contributed by atoms with van der Waals surface area (Å²) < 4.78 is 5.06. The molecule has 194 valence electrons. The van der Waals surface area contributed by atoms with Gasteiger partial charge in [0.25, 0.3) is 5.56 Å². The van der Waals surface area contributed by atoms with Crippen molar-refractivity contribution in [3.63, 3.8) is 0 Å². The number of nitrogens with one attached hydrogen (secondary N) is 2. The molecule has 6 rings (SSSR count). The van der Waals surface area contributed by atoms with E-state index in [9.17, 15) is 9.59 Å². The number of aromatic nitrogens is 2. The summed E-state index contributed by atoms with van der Waals surface area (Å²) in [5.41, 5.74) is 5.74. The van der Waals surface area contributed by atoms with E-state index in [2.05, 4.69) is 39.8 Å². The van der Waals surface area contributed by atoms with Crippen molar-refractivity contribution in [2.45, 2.75) is 25.0 Å². The smallest absolute Gasteiger partial charge is 0.410 e. The molecule has 2 atom stereocenters. The van der Waals surface area contributed by atoms with Crippen molar-refractivity contribution in [2.24, 2.45) is 0 Å². The summed E-state index contributed by atoms with van der Waals surface area (Å²) in [7, 11) is 1.40. The first-order valence-electron chi connectivity index (χ1n) is 12.9. The molecule has 0 fully saturated rings. The number of hydrogen-bond acceptors (Lipinski definition) is 5. The summed E-state index contributed by atoms with van der Waals surface area (Å²) in [6, 6.07) is 34.0. The zero-order valence-corrected chi connectivity index (χ0v) is 21.5. The van der Waals surface area contributed by atoms with Crippen LogP contribution in [0.2, 0.25) is 0 Å². The minimum atomic E-state index is -0.375. The molecule has 0 spiro atoms. The monoisotopic (exact) mass is 516 g/mol. The van der Waals surface area contributed by atoms with Gasteiger partial charge in [-0.15, -0.1) is 0 Å². The van der Waals surface area contributed by atoms with Crippen LogP contribution in [0.25, 0.3) is 10.8 Å². The van der Waals surface area contributed by atoms with Crippen LogP contribution in [0.15, 0.2) is 108 Å². The number of nitrogens with zero attached hydrogens (tertiary/aromatic N) is 2. The molecule has 7 heteroatoms. The summed E-state index contributed by atoms with van der Waals surface area (Å²) in [6.07, 6.45) is -0.375. The molecule has 0 radical (unpaired) electrons. The van der Waals surface area contributed by atoms with Crippen LogP contribution in [0.3, 0.4) is 0 Å². The Morgan fingerprint density at radius 2 is 1.49 bits per heavy atom. The zero-order valence-electron chi connectivity index (χ0n) is 21.5. The van der Waals surface area contributed by atoms with Crippen LogP contribution in [-0.4, -0.2) is 28.3 Å². The Morgan fingerprint density at radius 3 is 2.18 bits per heavy atom. The van der Waals surface area contributed by atoms with Crippen molar-refractivity contribution in [1.82, 2.24) is 15.1 Å². The molecule has 1 amide bonds. The summed E-state index contributed by atoms with van der Waals surface area (Å²) >= 11 is 0. The first kappa shape index (κ1) is 24.4. The molecule has 0 aliphatic carbocycles. The Balaban J connectivity index is 1.37. The number of anilines is 1. The molecule has 0 bridgehead atoms. The number of amides is 1. The van der Waals surface area contributed by atoms with E-state index in [-0.39, 0.29) is 23.6 Å². The van der Waals surface area contributed by atoms with Crippen LogP contribution >= 0.6 is 0 Å². The van der Waals surface area contributed by atoms with Crippen LogP contribution in [0, 0.1) is 0 Å². The molecular weight excluding hydrogens is 488 g/mol. The van der Waals surface area contributed by atoms with Crippen molar-refractivity contribution < 1.29 is 9.53 Å². The number of ether oxygens (including phenoxy) is 1. The molecule has 0 saturated heterocycles. The highest BCUT2D eigenvalue weighted by atomic mass is 16.5. The molecule has 0 saturated carbocycles. The second-order valence-corrected chi connectivity index (χ2v) is 9.73. The number of carbonyl (C=O) groups excluding carboxylic acids is 1. The van der Waals surface area contributed by atoms with E-state index in [1.54, 1.807) is 4.90 Å². The van der Waals surface area contributed by atoms with Gasteiger partial charge in [-0.25, -0.2) is 9.89 Å². The van der Waals surface area contributed by atoms with Gasteiger partial charge in [-0.1, -0.05) is 91.0 Å². The first-order valence-corrected chi connectivity index (χ1v) is 12.9. The molecule has 2 N–H and O–H groups in total. The first-order chi connectivity index (χ1) is 19.1. The lowest BCUT2D eigenvalue weighted by atomic mass is 9.80. The minimum Gasteiger partial charge on any atom is -0.453 e. The second-order valence-electron chi connectivity index (χ2n) is 9.73. The van der Waals surface area contributed by atoms with Gasteiger partial charge >= 0.3 is 6.09 Å². The number of H-pyrrole nitrogens is 1. The van der Waals surface area contributed by atoms with E-state index in [0.29, 0.717) is 18.5 Å². The standard InChI is InChI=1S/C32H28N4O3/c1-39-32(38)36(19-21-9-4-2-5-10-21)20-22-15-17-23(18-16-22)27-29(24-11-6-3-7-12-24)33-26-14-8-13-25-28(26)30(27)34-35-31(25)37/h2-18,27,29,33H,19-20H2,1H3,(H,35,37). The maximum atomic E-state index is 12.6. The van der Waals surface area contributed by atoms with E-state index < -0.39 is 0 Å². The fourth-order valence-corrected chi connectivity index (χ4v) is 5.45. The van der Waals surface area contributed by atoms with Gasteiger partial charge in [-0.05, 0) is 34.4 Å². The average Bonchev–Trinajstić information content (AvgIpc) is 2.99. The van der Waals surface area contributed by atoms with Crippen LogP contribution in [0.5, 0.6) is 0 Å². The fourth-order valence-electron chi connectivity index (χ4n) is 5.45. The highest BCUT2D eigenvalue weighted by molar-refractivity contribution is 5.97. The van der Waals surface area contributed by atoms with Crippen molar-refractivity contribution in [3.05, 3.63) is 141 Å². The van der Waals surface area contributed by atoms with Gasteiger partial charge in [0, 0.05) is 24.2 Å². The minimum absolute atomic E-state index is 0.0850. The molecule has 2 unspecified atom stereocenters. The number of carbonyl (C=O) groups is 1. The molecule has 1 aromatic heterocycles. The van der Waals surface area contributed by atoms with Crippen molar-refractivity contribution in [3.8, 4) is 0 Å². The Bertz CT molecular complexity index is 1670. The van der Waals surface area contributed by atoms with Crippen LogP contribution < -0.4 is 10.9 Å². The Labute approximate surface area is 226 Å². The molecule has 7 nitrogen and oxygen atoms in total. The molecule has 4 aromatic carbocycles. The molecule has 5 aromatic rings. The number of aromatic amines is 1. The van der Waals surface area contributed by atoms with Gasteiger partial charge in [0.15, 0.2) is 0 Å². The van der Waals surface area contributed by atoms with Gasteiger partial charge in [0.2, 0.25) is 0 Å². The lowest BCUT2D eigenvalue weighted by Gasteiger charge is -2.34. The zero-order chi connectivity index (χ0) is 26.8. The Morgan fingerprint density at radius 1 is 0.821 bits per heavy atom. The number of benzene rings is 4. The predicted molar refractivity (Wildman–Crippen MR) is 152 cm³/mol. The number of methoxy groups -OCH3 is 1. The van der Waals surface area contributed by atoms with E-state index in [4.69, 9.17) is 4.74 Å². The summed E-state index contributed by atoms with van der Waals surface area (Å²) in [4.78, 5) is 26.8. The highest BCUT2D eigenvalue weighted by Gasteiger charge is 2.34. The van der Waals surface area contributed by atoms with Crippen LogP contribution in [0.4, 0.5) is 10.5 Å². The van der Waals surface area contributed by atoms with Gasteiger partial charge in [0.05, 0.1) is 30.1 Å². The van der Waals surface area contributed by atoms with E-state index >= 15 is 0 Å². The number of hydrogen-bond donors (Lipinski definition) is 2. The largest absolute Gasteiger partial charge is 0.453 e. The van der Waals surface area contributed by atoms with E-state index in [0.717, 1.165) is 39.0 Å². The van der Waals surface area contributed by atoms with Gasteiger partial charge in [-0.3, -0.25) is 9.69 Å². The van der Waals surface area contributed by atoms with Crippen LogP contribution in [0.1, 0.15) is 39.9 Å². The summed E-state index contributed by atoms with van der Waals surface area (Å²) in [5.74, 6) is -0.142. The average molecular weight is 517 g/mol. The number of rotatable bonds is 6. The van der Waals surface area contributed by atoms with Crippen LogP contribution in [-0.2, 0) is 17.8 Å². The van der Waals surface area contributed by atoms with E-state index in [1.807, 2.05) is 78.9 Å². The molecule has 1 aliphatic heterocycles. The second kappa shape index (κ2) is 10.5. The SMILES string of the molecule is COC(=O)N(Cc1ccccc1)Cc1ccc(C2c3n[nH]c(=O)c4cccc(c34)NC2c2ccccc2)cc1. The fraction of sp³-hybridized carbons (Fsp3) is 0.156. The quantitative estimate of drug-likeness (QED) is 0.289. The third kappa shape index (κ3) is 4.75. The van der Waals surface area contributed by atoms with Gasteiger partial charge in [-0.2, -0.15) is 5.10 Å². The van der Waals surface area contributed by atoms with Gasteiger partial charge < -0.3 is 10.1 Å². The third-order valence-electron chi connectivity index (χ3n) is 7.30. The summed E-state index contributed by atoms with van der Waals surface area (Å²) in [6.45, 7) is 0.866. The van der Waals surface area contributed by atoms with E-state index in [1.165, 1.54) is 7.11 Å². The summed E-state index contributed by atoms with van der Waals surface area (Å²) in [5, 5.41) is 12.4. The highest BCUT2D eigenvalue weighted by Crippen LogP contribution is 2.46. The lowest BCUT2D eigenvalue weighted by molar-refractivity contribution is 0.118. The van der Waals surface area contributed by atoms with Crippen molar-refractivity contribution in [2.75, 3.05) is 12.4 Å². The molecule has 2 heterocycles. The molecule has 1 aliphatic rings. The maximum absolute atomic E-state index is 12.6.